The smallest absolute Gasteiger partial charge is 0.206 e. The third kappa shape index (κ3) is 5.14. The summed E-state index contributed by atoms with van der Waals surface area (Å²) in [4.78, 5) is 2.41. The van der Waals surface area contributed by atoms with E-state index in [2.05, 4.69) is 0 Å². The number of rotatable bonds is 6. The molecule has 3 nitrogen and oxygen atoms in total. The van der Waals surface area contributed by atoms with E-state index in [4.69, 9.17) is 0 Å². The van der Waals surface area contributed by atoms with Gasteiger partial charge in [-0.2, -0.15) is 0 Å². The molecule has 0 N–H and O–H groups in total. The van der Waals surface area contributed by atoms with Crippen LogP contribution in [0.5, 0.6) is 0 Å². The summed E-state index contributed by atoms with van der Waals surface area (Å²) in [6.45, 7) is 1.49. The van der Waals surface area contributed by atoms with Crippen molar-refractivity contribution in [3.8, 4) is 0 Å². The van der Waals surface area contributed by atoms with Gasteiger partial charge >= 0.3 is 0 Å². The number of piperidine rings is 1. The number of halogens is 2. The number of benzene rings is 3. The Morgan fingerprint density at radius 3 is 2.41 bits per heavy atom. The van der Waals surface area contributed by atoms with Crippen molar-refractivity contribution < 1.29 is 17.2 Å². The Balaban J connectivity index is 1.55. The summed E-state index contributed by atoms with van der Waals surface area (Å²) in [6.07, 6.45) is 3.88. The van der Waals surface area contributed by atoms with Crippen LogP contribution >= 0.6 is 0 Å². The van der Waals surface area contributed by atoms with Gasteiger partial charge in [0.05, 0.1) is 9.79 Å². The second-order valence-corrected chi connectivity index (χ2v) is 9.93. The van der Waals surface area contributed by atoms with Crippen molar-refractivity contribution in [1.82, 2.24) is 4.90 Å². The average molecular weight is 454 g/mol. The van der Waals surface area contributed by atoms with Crippen molar-refractivity contribution in [1.29, 1.82) is 0 Å². The van der Waals surface area contributed by atoms with Crippen molar-refractivity contribution >= 4 is 22.0 Å². The SMILES string of the molecule is O=S(=O)(c1ccc(/C=C/c2ccccc2F)cc1)c1ccccc1CN1CCCC(F)C1. The summed E-state index contributed by atoms with van der Waals surface area (Å²) in [5, 5.41) is 0. The van der Waals surface area contributed by atoms with E-state index < -0.39 is 16.0 Å². The van der Waals surface area contributed by atoms with Crippen LogP contribution in [0.15, 0.2) is 82.6 Å². The summed E-state index contributed by atoms with van der Waals surface area (Å²) < 4.78 is 54.2. The van der Waals surface area contributed by atoms with Crippen LogP contribution < -0.4 is 0 Å². The molecule has 32 heavy (non-hydrogen) atoms. The summed E-state index contributed by atoms with van der Waals surface area (Å²) in [5.41, 5.74) is 1.90. The second kappa shape index (κ2) is 9.76. The lowest BCUT2D eigenvalue weighted by atomic mass is 10.1. The molecule has 0 aliphatic carbocycles. The van der Waals surface area contributed by atoms with Crippen molar-refractivity contribution in [2.45, 2.75) is 35.3 Å². The number of alkyl halides is 1. The van der Waals surface area contributed by atoms with Gasteiger partial charge in [0.15, 0.2) is 0 Å². The maximum atomic E-state index is 13.8. The van der Waals surface area contributed by atoms with Crippen LogP contribution in [0.1, 0.15) is 29.5 Å². The molecule has 6 heteroatoms. The number of hydrogen-bond donors (Lipinski definition) is 0. The Morgan fingerprint density at radius 2 is 1.66 bits per heavy atom. The van der Waals surface area contributed by atoms with Crippen molar-refractivity contribution in [3.05, 3.63) is 95.3 Å². The molecule has 1 aliphatic heterocycles. The van der Waals surface area contributed by atoms with Crippen LogP contribution in [-0.2, 0) is 16.4 Å². The van der Waals surface area contributed by atoms with Gasteiger partial charge in [-0.1, -0.05) is 60.7 Å². The molecule has 1 aliphatic rings. The van der Waals surface area contributed by atoms with Gasteiger partial charge in [-0.3, -0.25) is 4.90 Å². The molecule has 3 aromatic rings. The third-order valence-corrected chi connectivity index (χ3v) is 7.53. The molecule has 1 unspecified atom stereocenters. The Hall–Kier alpha value is -2.83. The highest BCUT2D eigenvalue weighted by molar-refractivity contribution is 7.91. The lowest BCUT2D eigenvalue weighted by Crippen LogP contribution is -2.36. The summed E-state index contributed by atoms with van der Waals surface area (Å²) >= 11 is 0. The van der Waals surface area contributed by atoms with Gasteiger partial charge in [0.25, 0.3) is 0 Å². The lowest BCUT2D eigenvalue weighted by Gasteiger charge is -2.29. The molecule has 3 aromatic carbocycles. The molecule has 0 aromatic heterocycles. The maximum absolute atomic E-state index is 13.8. The van der Waals surface area contributed by atoms with E-state index in [9.17, 15) is 17.2 Å². The van der Waals surface area contributed by atoms with Crippen molar-refractivity contribution in [2.24, 2.45) is 0 Å². The van der Waals surface area contributed by atoms with Gasteiger partial charge in [-0.05, 0) is 54.8 Å². The molecule has 1 saturated heterocycles. The van der Waals surface area contributed by atoms with Crippen molar-refractivity contribution in [3.63, 3.8) is 0 Å². The zero-order chi connectivity index (χ0) is 22.6. The summed E-state index contributed by atoms with van der Waals surface area (Å²) in [6, 6.07) is 19.9. The first-order valence-corrected chi connectivity index (χ1v) is 12.1. The van der Waals surface area contributed by atoms with E-state index in [1.807, 2.05) is 11.0 Å². The molecule has 4 rings (SSSR count). The quantitative estimate of drug-likeness (QED) is 0.445. The van der Waals surface area contributed by atoms with Crippen LogP contribution in [0.2, 0.25) is 0 Å². The molecule has 1 heterocycles. The number of hydrogen-bond acceptors (Lipinski definition) is 3. The zero-order valence-corrected chi connectivity index (χ0v) is 18.4. The first-order valence-electron chi connectivity index (χ1n) is 10.7. The maximum Gasteiger partial charge on any atom is 0.206 e. The minimum absolute atomic E-state index is 0.190. The summed E-state index contributed by atoms with van der Waals surface area (Å²) in [7, 11) is -3.73. The minimum atomic E-state index is -3.73. The fraction of sp³-hybridized carbons (Fsp3) is 0.231. The van der Waals surface area contributed by atoms with Crippen LogP contribution in [0, 0.1) is 5.82 Å². The zero-order valence-electron chi connectivity index (χ0n) is 17.6. The number of sulfone groups is 1. The monoisotopic (exact) mass is 453 g/mol. The first-order chi connectivity index (χ1) is 15.4. The van der Waals surface area contributed by atoms with Crippen LogP contribution in [0.25, 0.3) is 12.2 Å². The minimum Gasteiger partial charge on any atom is -0.296 e. The molecule has 0 bridgehead atoms. The van der Waals surface area contributed by atoms with E-state index in [1.54, 1.807) is 72.8 Å². The van der Waals surface area contributed by atoms with Crippen LogP contribution in [0.3, 0.4) is 0 Å². The molecule has 0 amide bonds. The Kier molecular flexibility index (Phi) is 6.82. The molecule has 0 saturated carbocycles. The van der Waals surface area contributed by atoms with Crippen molar-refractivity contribution in [2.75, 3.05) is 13.1 Å². The molecular formula is C26H25F2NO2S. The van der Waals surface area contributed by atoms with Gasteiger partial charge < -0.3 is 0 Å². The molecule has 1 fully saturated rings. The first kappa shape index (κ1) is 22.4. The Bertz CT molecular complexity index is 1210. The van der Waals surface area contributed by atoms with Gasteiger partial charge in [0, 0.05) is 18.7 Å². The highest BCUT2D eigenvalue weighted by Crippen LogP contribution is 2.27. The number of nitrogens with zero attached hydrogens (tertiary/aromatic N) is 1. The lowest BCUT2D eigenvalue weighted by molar-refractivity contribution is 0.132. The largest absolute Gasteiger partial charge is 0.296 e. The van der Waals surface area contributed by atoms with E-state index in [-0.39, 0.29) is 15.6 Å². The highest BCUT2D eigenvalue weighted by atomic mass is 32.2. The average Bonchev–Trinajstić information content (AvgIpc) is 2.79. The topological polar surface area (TPSA) is 37.4 Å². The third-order valence-electron chi connectivity index (χ3n) is 5.66. The fourth-order valence-electron chi connectivity index (χ4n) is 3.96. The molecular weight excluding hydrogens is 428 g/mol. The summed E-state index contributed by atoms with van der Waals surface area (Å²) in [5.74, 6) is -0.313. The van der Waals surface area contributed by atoms with E-state index >= 15 is 0 Å². The van der Waals surface area contributed by atoms with Gasteiger partial charge in [-0.25, -0.2) is 17.2 Å². The normalized spacial score (nSPS) is 17.6. The standard InChI is InChI=1S/C26H25F2NO2S/c27-23-8-5-17-29(19-23)18-22-7-2-4-10-26(22)32(30,31)24-15-12-20(13-16-24)11-14-21-6-1-3-9-25(21)28/h1-4,6-7,9-16,23H,5,8,17-19H2/b14-11+. The Labute approximate surface area is 187 Å². The molecule has 166 valence electrons. The van der Waals surface area contributed by atoms with Crippen LogP contribution in [0.4, 0.5) is 8.78 Å². The predicted molar refractivity (Wildman–Crippen MR) is 123 cm³/mol. The van der Waals surface area contributed by atoms with Gasteiger partial charge in [0.2, 0.25) is 9.84 Å². The van der Waals surface area contributed by atoms with Crippen LogP contribution in [-0.4, -0.2) is 32.6 Å². The number of likely N-dealkylation sites (tertiary alicyclic amines) is 1. The fourth-order valence-corrected chi connectivity index (χ4v) is 5.45. The second-order valence-electron chi connectivity index (χ2n) is 8.01. The van der Waals surface area contributed by atoms with E-state index in [1.165, 1.54) is 6.07 Å². The Morgan fingerprint density at radius 1 is 0.938 bits per heavy atom. The van der Waals surface area contributed by atoms with E-state index in [0.29, 0.717) is 30.6 Å². The van der Waals surface area contributed by atoms with Gasteiger partial charge in [0.1, 0.15) is 12.0 Å². The van der Waals surface area contributed by atoms with Gasteiger partial charge in [-0.15, -0.1) is 0 Å². The predicted octanol–water partition coefficient (Wildman–Crippen LogP) is 5.76. The molecule has 1 atom stereocenters. The van der Waals surface area contributed by atoms with E-state index in [0.717, 1.165) is 18.5 Å². The highest BCUT2D eigenvalue weighted by Gasteiger charge is 2.24. The molecule has 0 spiro atoms. The molecule has 0 radical (unpaired) electrons.